The molecule has 0 saturated carbocycles. The molecule has 0 fully saturated rings. The van der Waals surface area contributed by atoms with Crippen molar-refractivity contribution in [1.82, 2.24) is 0 Å². The SMILES string of the molecule is C/C=C\C=C(/C)OCCO[PH](=O)O. The van der Waals surface area contributed by atoms with Gasteiger partial charge in [0.25, 0.3) is 0 Å². The summed E-state index contributed by atoms with van der Waals surface area (Å²) in [5.41, 5.74) is 0. The predicted octanol–water partition coefficient (Wildman–Crippen LogP) is 1.88. The van der Waals surface area contributed by atoms with Gasteiger partial charge in [-0.05, 0) is 19.9 Å². The van der Waals surface area contributed by atoms with Crippen molar-refractivity contribution in [2.75, 3.05) is 13.2 Å². The van der Waals surface area contributed by atoms with Crippen LogP contribution in [0.5, 0.6) is 0 Å². The van der Waals surface area contributed by atoms with Gasteiger partial charge in [-0.3, -0.25) is 4.57 Å². The highest BCUT2D eigenvalue weighted by molar-refractivity contribution is 7.32. The fourth-order valence-electron chi connectivity index (χ4n) is 0.611. The molecule has 0 amide bonds. The van der Waals surface area contributed by atoms with Crippen molar-refractivity contribution >= 4 is 8.25 Å². The van der Waals surface area contributed by atoms with Gasteiger partial charge in [0.15, 0.2) is 0 Å². The summed E-state index contributed by atoms with van der Waals surface area (Å²) < 4.78 is 19.7. The van der Waals surface area contributed by atoms with E-state index in [0.29, 0.717) is 0 Å². The molecule has 0 radical (unpaired) electrons. The molecule has 0 aliphatic rings. The summed E-state index contributed by atoms with van der Waals surface area (Å²) in [6.07, 6.45) is 5.54. The van der Waals surface area contributed by atoms with Crippen LogP contribution in [0, 0.1) is 0 Å². The Labute approximate surface area is 78.8 Å². The van der Waals surface area contributed by atoms with Gasteiger partial charge < -0.3 is 14.2 Å². The van der Waals surface area contributed by atoms with Crippen LogP contribution >= 0.6 is 8.25 Å². The maximum absolute atomic E-state index is 10.1. The van der Waals surface area contributed by atoms with Crippen molar-refractivity contribution in [3.63, 3.8) is 0 Å². The van der Waals surface area contributed by atoms with E-state index < -0.39 is 8.25 Å². The quantitative estimate of drug-likeness (QED) is 0.312. The predicted molar refractivity (Wildman–Crippen MR) is 51.7 cm³/mol. The van der Waals surface area contributed by atoms with Gasteiger partial charge in [0, 0.05) is 0 Å². The fraction of sp³-hybridized carbons (Fsp3) is 0.500. The smallest absolute Gasteiger partial charge is 0.316 e. The highest BCUT2D eigenvalue weighted by Crippen LogP contribution is 2.13. The van der Waals surface area contributed by atoms with Crippen molar-refractivity contribution in [2.45, 2.75) is 13.8 Å². The third-order valence-corrected chi connectivity index (χ3v) is 1.61. The lowest BCUT2D eigenvalue weighted by atomic mass is 10.4. The summed E-state index contributed by atoms with van der Waals surface area (Å²) in [5.74, 6) is 0.749. The minimum atomic E-state index is -2.81. The molecule has 0 aromatic rings. The molecule has 0 spiro atoms. The maximum Gasteiger partial charge on any atom is 0.316 e. The van der Waals surface area contributed by atoms with Gasteiger partial charge in [-0.15, -0.1) is 0 Å². The average molecular weight is 206 g/mol. The Hall–Kier alpha value is -0.570. The Morgan fingerprint density at radius 3 is 2.77 bits per heavy atom. The first-order valence-electron chi connectivity index (χ1n) is 3.95. The Bertz CT molecular complexity index is 210. The minimum absolute atomic E-state index is 0.134. The van der Waals surface area contributed by atoms with E-state index in [1.54, 1.807) is 0 Å². The van der Waals surface area contributed by atoms with Gasteiger partial charge in [-0.2, -0.15) is 0 Å². The van der Waals surface area contributed by atoms with Gasteiger partial charge in [0.05, 0.1) is 12.4 Å². The minimum Gasteiger partial charge on any atom is -0.496 e. The summed E-state index contributed by atoms with van der Waals surface area (Å²) in [6.45, 7) is 4.14. The van der Waals surface area contributed by atoms with E-state index in [1.165, 1.54) is 0 Å². The Kier molecular flexibility index (Phi) is 7.69. The second-order valence-electron chi connectivity index (χ2n) is 2.27. The first-order chi connectivity index (χ1) is 6.16. The second kappa shape index (κ2) is 8.05. The van der Waals surface area contributed by atoms with Crippen LogP contribution < -0.4 is 0 Å². The van der Waals surface area contributed by atoms with Gasteiger partial charge in [0.2, 0.25) is 0 Å². The molecule has 0 heterocycles. The first-order valence-corrected chi connectivity index (χ1v) is 5.21. The topological polar surface area (TPSA) is 55.8 Å². The summed E-state index contributed by atoms with van der Waals surface area (Å²) in [4.78, 5) is 8.30. The van der Waals surface area contributed by atoms with Crippen LogP contribution in [0.4, 0.5) is 0 Å². The number of hydrogen-bond donors (Lipinski definition) is 1. The zero-order valence-corrected chi connectivity index (χ0v) is 8.82. The molecular weight excluding hydrogens is 191 g/mol. The van der Waals surface area contributed by atoms with Crippen molar-refractivity contribution in [3.8, 4) is 0 Å². The summed E-state index contributed by atoms with van der Waals surface area (Å²) in [6, 6.07) is 0. The molecule has 13 heavy (non-hydrogen) atoms. The van der Waals surface area contributed by atoms with Gasteiger partial charge >= 0.3 is 8.25 Å². The number of allylic oxidation sites excluding steroid dienone is 4. The molecule has 0 aromatic carbocycles. The normalized spacial score (nSPS) is 14.8. The molecule has 1 unspecified atom stereocenters. The standard InChI is InChI=1S/C8H15O4P/c1-3-4-5-8(2)11-6-7-12-13(9)10/h3-5,13H,6-7H2,1-2H3,(H,9,10)/b4-3-,8-5+. The molecule has 0 bridgehead atoms. The monoisotopic (exact) mass is 206 g/mol. The Morgan fingerprint density at radius 2 is 2.23 bits per heavy atom. The lowest BCUT2D eigenvalue weighted by molar-refractivity contribution is 0.153. The molecule has 5 heteroatoms. The van der Waals surface area contributed by atoms with Crippen LogP contribution in [0.2, 0.25) is 0 Å². The van der Waals surface area contributed by atoms with E-state index in [0.717, 1.165) is 5.76 Å². The molecule has 76 valence electrons. The number of ether oxygens (including phenoxy) is 1. The molecule has 0 aliphatic heterocycles. The Balaban J connectivity index is 3.47. The molecule has 1 N–H and O–H groups in total. The molecule has 1 atom stereocenters. The van der Waals surface area contributed by atoms with Crippen LogP contribution in [0.1, 0.15) is 13.8 Å². The van der Waals surface area contributed by atoms with E-state index in [-0.39, 0.29) is 13.2 Å². The molecule has 0 aliphatic carbocycles. The van der Waals surface area contributed by atoms with Crippen LogP contribution in [0.25, 0.3) is 0 Å². The largest absolute Gasteiger partial charge is 0.496 e. The molecular formula is C8H15O4P. The maximum atomic E-state index is 10.1. The van der Waals surface area contributed by atoms with Crippen LogP contribution in [-0.4, -0.2) is 18.1 Å². The summed E-state index contributed by atoms with van der Waals surface area (Å²) in [5, 5.41) is 0. The first kappa shape index (κ1) is 12.4. The zero-order valence-electron chi connectivity index (χ0n) is 7.82. The van der Waals surface area contributed by atoms with Crippen molar-refractivity contribution in [3.05, 3.63) is 24.0 Å². The molecule has 0 aromatic heterocycles. The summed E-state index contributed by atoms with van der Waals surface area (Å²) >= 11 is 0. The average Bonchev–Trinajstić information content (AvgIpc) is 2.08. The third kappa shape index (κ3) is 9.34. The number of rotatable bonds is 6. The van der Waals surface area contributed by atoms with Crippen molar-refractivity contribution < 1.29 is 18.7 Å². The second-order valence-corrected chi connectivity index (χ2v) is 3.09. The molecule has 0 rings (SSSR count). The van der Waals surface area contributed by atoms with Gasteiger partial charge in [0.1, 0.15) is 6.61 Å². The van der Waals surface area contributed by atoms with Crippen LogP contribution in [0.15, 0.2) is 24.0 Å². The number of hydrogen-bond acceptors (Lipinski definition) is 3. The third-order valence-electron chi connectivity index (χ3n) is 1.16. The van der Waals surface area contributed by atoms with Gasteiger partial charge in [-0.1, -0.05) is 12.2 Å². The van der Waals surface area contributed by atoms with E-state index in [9.17, 15) is 4.57 Å². The summed E-state index contributed by atoms with van der Waals surface area (Å²) in [7, 11) is -2.81. The van der Waals surface area contributed by atoms with Crippen molar-refractivity contribution in [2.24, 2.45) is 0 Å². The van der Waals surface area contributed by atoms with E-state index in [2.05, 4.69) is 4.52 Å². The van der Waals surface area contributed by atoms with Crippen LogP contribution in [0.3, 0.4) is 0 Å². The fourth-order valence-corrected chi connectivity index (χ4v) is 0.869. The van der Waals surface area contributed by atoms with Crippen LogP contribution in [-0.2, 0) is 13.8 Å². The van der Waals surface area contributed by atoms with Crippen molar-refractivity contribution in [1.29, 1.82) is 0 Å². The van der Waals surface area contributed by atoms with Gasteiger partial charge in [-0.25, -0.2) is 0 Å². The van der Waals surface area contributed by atoms with E-state index in [4.69, 9.17) is 9.63 Å². The Morgan fingerprint density at radius 1 is 1.54 bits per heavy atom. The molecule has 0 saturated heterocycles. The highest BCUT2D eigenvalue weighted by Gasteiger charge is 1.92. The lowest BCUT2D eigenvalue weighted by Gasteiger charge is -2.04. The van der Waals surface area contributed by atoms with E-state index >= 15 is 0 Å². The van der Waals surface area contributed by atoms with E-state index in [1.807, 2.05) is 32.1 Å². The zero-order chi connectivity index (χ0) is 10.1. The molecule has 4 nitrogen and oxygen atoms in total. The highest BCUT2D eigenvalue weighted by atomic mass is 31.1. The lowest BCUT2D eigenvalue weighted by Crippen LogP contribution is -1.98.